The minimum atomic E-state index is -0.594. The largest absolute Gasteiger partial charge is 0.454 e. The minimum Gasteiger partial charge on any atom is -0.454 e. The molecular formula is C23H30N2O4. The fourth-order valence-corrected chi connectivity index (χ4v) is 6.20. The van der Waals surface area contributed by atoms with Gasteiger partial charge in [0.15, 0.2) is 6.61 Å². The molecule has 156 valence electrons. The lowest BCUT2D eigenvalue weighted by Crippen LogP contribution is -2.48. The van der Waals surface area contributed by atoms with Gasteiger partial charge in [-0.1, -0.05) is 12.1 Å². The monoisotopic (exact) mass is 398 g/mol. The molecule has 1 aromatic rings. The Morgan fingerprint density at radius 2 is 1.69 bits per heavy atom. The zero-order valence-corrected chi connectivity index (χ0v) is 17.0. The van der Waals surface area contributed by atoms with E-state index in [4.69, 9.17) is 4.74 Å². The number of amides is 2. The van der Waals surface area contributed by atoms with E-state index in [2.05, 4.69) is 10.6 Å². The molecule has 4 aliphatic carbocycles. The molecule has 0 heterocycles. The van der Waals surface area contributed by atoms with Crippen molar-refractivity contribution in [3.63, 3.8) is 0 Å². The van der Waals surface area contributed by atoms with Gasteiger partial charge in [-0.25, -0.2) is 0 Å². The van der Waals surface area contributed by atoms with E-state index >= 15 is 0 Å². The molecule has 0 spiro atoms. The van der Waals surface area contributed by atoms with Crippen molar-refractivity contribution >= 4 is 23.5 Å². The number of benzene rings is 1. The zero-order chi connectivity index (χ0) is 20.4. The lowest BCUT2D eigenvalue weighted by molar-refractivity contribution is -0.147. The van der Waals surface area contributed by atoms with Gasteiger partial charge in [-0.2, -0.15) is 0 Å². The number of rotatable bonds is 7. The molecule has 0 aromatic heterocycles. The summed E-state index contributed by atoms with van der Waals surface area (Å²) in [4.78, 5) is 36.3. The van der Waals surface area contributed by atoms with Crippen LogP contribution in [0.5, 0.6) is 0 Å². The van der Waals surface area contributed by atoms with E-state index in [0.29, 0.717) is 12.1 Å². The third-order valence-electron chi connectivity index (χ3n) is 6.80. The molecule has 5 rings (SSSR count). The maximum atomic E-state index is 12.4. The summed E-state index contributed by atoms with van der Waals surface area (Å²) in [5.41, 5.74) is 1.84. The summed E-state index contributed by atoms with van der Waals surface area (Å²) in [6.45, 7) is 1.38. The average molecular weight is 399 g/mol. The van der Waals surface area contributed by atoms with Gasteiger partial charge in [0.05, 0.1) is 0 Å². The van der Waals surface area contributed by atoms with Crippen LogP contribution in [0, 0.1) is 30.1 Å². The first-order valence-electron chi connectivity index (χ1n) is 10.7. The molecule has 1 aromatic carbocycles. The van der Waals surface area contributed by atoms with E-state index in [1.165, 1.54) is 19.3 Å². The van der Waals surface area contributed by atoms with Crippen molar-refractivity contribution in [3.8, 4) is 0 Å². The average Bonchev–Trinajstić information content (AvgIpc) is 2.63. The predicted octanol–water partition coefficient (Wildman–Crippen LogP) is 3.20. The van der Waals surface area contributed by atoms with Crippen LogP contribution in [0.2, 0.25) is 0 Å². The Morgan fingerprint density at radius 1 is 1.03 bits per heavy atom. The Morgan fingerprint density at radius 3 is 2.31 bits per heavy atom. The van der Waals surface area contributed by atoms with Crippen molar-refractivity contribution in [2.75, 3.05) is 18.5 Å². The molecule has 6 nitrogen and oxygen atoms in total. The molecule has 0 unspecified atom stereocenters. The van der Waals surface area contributed by atoms with E-state index in [9.17, 15) is 14.4 Å². The SMILES string of the molecule is Cc1cccc(NC(=O)COC(=O)CNC(=O)CC23CC4CC(CC(C4)C2)C3)c1. The minimum absolute atomic E-state index is 0.0758. The normalized spacial score (nSPS) is 29.3. The van der Waals surface area contributed by atoms with Gasteiger partial charge in [0.2, 0.25) is 5.91 Å². The van der Waals surface area contributed by atoms with Gasteiger partial charge < -0.3 is 15.4 Å². The van der Waals surface area contributed by atoms with Gasteiger partial charge in [-0.3, -0.25) is 14.4 Å². The quantitative estimate of drug-likeness (QED) is 0.691. The number of hydrogen-bond donors (Lipinski definition) is 2. The number of anilines is 1. The van der Waals surface area contributed by atoms with Crippen LogP contribution in [0.3, 0.4) is 0 Å². The van der Waals surface area contributed by atoms with Crippen LogP contribution in [-0.4, -0.2) is 30.9 Å². The van der Waals surface area contributed by atoms with Gasteiger partial charge >= 0.3 is 5.97 Å². The van der Waals surface area contributed by atoms with Crippen LogP contribution in [-0.2, 0) is 19.1 Å². The van der Waals surface area contributed by atoms with Gasteiger partial charge in [0.25, 0.3) is 5.91 Å². The van der Waals surface area contributed by atoms with Crippen LogP contribution in [0.1, 0.15) is 50.5 Å². The molecule has 4 bridgehead atoms. The Labute approximate surface area is 171 Å². The second kappa shape index (κ2) is 8.17. The molecule has 4 aliphatic rings. The zero-order valence-electron chi connectivity index (χ0n) is 17.0. The van der Waals surface area contributed by atoms with Crippen LogP contribution in [0.15, 0.2) is 24.3 Å². The second-order valence-corrected chi connectivity index (χ2v) is 9.45. The van der Waals surface area contributed by atoms with Crippen molar-refractivity contribution in [1.82, 2.24) is 5.32 Å². The summed E-state index contributed by atoms with van der Waals surface area (Å²) in [5, 5.41) is 5.38. The molecular weight excluding hydrogens is 368 g/mol. The van der Waals surface area contributed by atoms with Crippen LogP contribution in [0.4, 0.5) is 5.69 Å². The van der Waals surface area contributed by atoms with E-state index < -0.39 is 11.9 Å². The summed E-state index contributed by atoms with van der Waals surface area (Å²) in [7, 11) is 0. The Bertz CT molecular complexity index is 769. The third kappa shape index (κ3) is 4.98. The fourth-order valence-electron chi connectivity index (χ4n) is 6.20. The topological polar surface area (TPSA) is 84.5 Å². The van der Waals surface area contributed by atoms with Crippen LogP contribution >= 0.6 is 0 Å². The van der Waals surface area contributed by atoms with Gasteiger partial charge in [-0.15, -0.1) is 0 Å². The molecule has 4 saturated carbocycles. The second-order valence-electron chi connectivity index (χ2n) is 9.45. The Kier molecular flexibility index (Phi) is 5.61. The molecule has 29 heavy (non-hydrogen) atoms. The Hall–Kier alpha value is -2.37. The first-order valence-corrected chi connectivity index (χ1v) is 10.7. The number of aryl methyl sites for hydroxylation is 1. The van der Waals surface area contributed by atoms with E-state index in [0.717, 1.165) is 42.6 Å². The number of carbonyl (C=O) groups excluding carboxylic acids is 3. The van der Waals surface area contributed by atoms with E-state index in [-0.39, 0.29) is 24.5 Å². The van der Waals surface area contributed by atoms with E-state index in [1.807, 2.05) is 25.1 Å². The summed E-state index contributed by atoms with van der Waals surface area (Å²) in [6.07, 6.45) is 8.03. The molecule has 2 N–H and O–H groups in total. The van der Waals surface area contributed by atoms with Crippen molar-refractivity contribution < 1.29 is 19.1 Å². The highest BCUT2D eigenvalue weighted by molar-refractivity contribution is 5.93. The van der Waals surface area contributed by atoms with E-state index in [1.54, 1.807) is 6.07 Å². The molecule has 0 atom stereocenters. The smallest absolute Gasteiger partial charge is 0.325 e. The lowest BCUT2D eigenvalue weighted by Gasteiger charge is -2.56. The Balaban J connectivity index is 1.17. The molecule has 0 saturated heterocycles. The van der Waals surface area contributed by atoms with Gasteiger partial charge in [0.1, 0.15) is 6.54 Å². The standard InChI is InChI=1S/C23H30N2O4/c1-15-3-2-4-19(5-15)25-21(27)14-29-22(28)13-24-20(26)12-23-9-16-6-17(10-23)8-18(7-16)11-23/h2-5,16-18H,6-14H2,1H3,(H,24,26)(H,25,27). The first kappa shape index (κ1) is 19.9. The molecule has 0 aliphatic heterocycles. The highest BCUT2D eigenvalue weighted by atomic mass is 16.5. The third-order valence-corrected chi connectivity index (χ3v) is 6.80. The summed E-state index contributed by atoms with van der Waals surface area (Å²) < 4.78 is 4.98. The molecule has 6 heteroatoms. The summed E-state index contributed by atoms with van der Waals surface area (Å²) in [6, 6.07) is 7.39. The summed E-state index contributed by atoms with van der Waals surface area (Å²) >= 11 is 0. The molecule has 4 fully saturated rings. The number of esters is 1. The first-order chi connectivity index (χ1) is 13.9. The highest BCUT2D eigenvalue weighted by Gasteiger charge is 2.51. The number of ether oxygens (including phenoxy) is 1. The number of carbonyl (C=O) groups is 3. The summed E-state index contributed by atoms with van der Waals surface area (Å²) in [5.74, 6) is 1.32. The van der Waals surface area contributed by atoms with Gasteiger partial charge in [-0.05, 0) is 86.3 Å². The van der Waals surface area contributed by atoms with Crippen LogP contribution in [0.25, 0.3) is 0 Å². The maximum Gasteiger partial charge on any atom is 0.325 e. The molecule has 0 radical (unpaired) electrons. The van der Waals surface area contributed by atoms with Crippen LogP contribution < -0.4 is 10.6 Å². The lowest BCUT2D eigenvalue weighted by atomic mass is 9.49. The predicted molar refractivity (Wildman–Crippen MR) is 109 cm³/mol. The number of hydrogen-bond acceptors (Lipinski definition) is 4. The number of nitrogens with one attached hydrogen (secondary N) is 2. The van der Waals surface area contributed by atoms with Crippen molar-refractivity contribution in [3.05, 3.63) is 29.8 Å². The highest BCUT2D eigenvalue weighted by Crippen LogP contribution is 2.61. The fraction of sp³-hybridized carbons (Fsp3) is 0.609. The van der Waals surface area contributed by atoms with Crippen molar-refractivity contribution in [2.24, 2.45) is 23.2 Å². The maximum absolute atomic E-state index is 12.4. The van der Waals surface area contributed by atoms with Crippen molar-refractivity contribution in [1.29, 1.82) is 0 Å². The van der Waals surface area contributed by atoms with Crippen molar-refractivity contribution in [2.45, 2.75) is 51.9 Å². The van der Waals surface area contributed by atoms with Gasteiger partial charge in [0, 0.05) is 12.1 Å². The molecule has 2 amide bonds.